The molecule has 0 aliphatic carbocycles. The first-order valence-corrected chi connectivity index (χ1v) is 4.08. The quantitative estimate of drug-likeness (QED) is 0.574. The van der Waals surface area contributed by atoms with E-state index in [1.54, 1.807) is 6.92 Å². The van der Waals surface area contributed by atoms with Crippen LogP contribution in [0.1, 0.15) is 26.7 Å². The van der Waals surface area contributed by atoms with Gasteiger partial charge in [-0.3, -0.25) is 0 Å². The van der Waals surface area contributed by atoms with Gasteiger partial charge in [-0.05, 0) is 26.3 Å². The van der Waals surface area contributed by atoms with E-state index in [0.717, 1.165) is 19.4 Å². The van der Waals surface area contributed by atoms with Crippen LogP contribution in [0, 0.1) is 12.3 Å². The molecule has 0 amide bonds. The maximum atomic E-state index is 8.92. The molecule has 0 radical (unpaired) electrons. The van der Waals surface area contributed by atoms with Gasteiger partial charge in [0.2, 0.25) is 0 Å². The summed E-state index contributed by atoms with van der Waals surface area (Å²) in [5, 5.41) is 12.1. The number of hydrogen-bond acceptors (Lipinski definition) is 2. The van der Waals surface area contributed by atoms with Crippen molar-refractivity contribution in [2.75, 3.05) is 6.54 Å². The van der Waals surface area contributed by atoms with Crippen LogP contribution in [0.4, 0.5) is 0 Å². The fourth-order valence-electron chi connectivity index (χ4n) is 0.788. The zero-order valence-electron chi connectivity index (χ0n) is 7.30. The van der Waals surface area contributed by atoms with Gasteiger partial charge in [0, 0.05) is 0 Å². The van der Waals surface area contributed by atoms with Crippen molar-refractivity contribution < 1.29 is 5.11 Å². The van der Waals surface area contributed by atoms with Crippen molar-refractivity contribution in [3.8, 4) is 12.3 Å². The van der Waals surface area contributed by atoms with Gasteiger partial charge in [0.15, 0.2) is 0 Å². The highest BCUT2D eigenvalue weighted by atomic mass is 16.3. The first-order chi connectivity index (χ1) is 5.20. The second-order valence-corrected chi connectivity index (χ2v) is 2.72. The van der Waals surface area contributed by atoms with E-state index >= 15 is 0 Å². The Bertz CT molecular complexity index is 126. The number of terminal acetylenes is 1. The summed E-state index contributed by atoms with van der Waals surface area (Å²) >= 11 is 0. The molecule has 0 aromatic carbocycles. The van der Waals surface area contributed by atoms with E-state index in [0.29, 0.717) is 0 Å². The Morgan fingerprint density at radius 2 is 2.27 bits per heavy atom. The van der Waals surface area contributed by atoms with E-state index in [2.05, 4.69) is 11.2 Å². The van der Waals surface area contributed by atoms with Crippen LogP contribution in [-0.4, -0.2) is 23.8 Å². The Kier molecular flexibility index (Phi) is 5.91. The zero-order valence-corrected chi connectivity index (χ0v) is 7.30. The standard InChI is InChI=1S/C9H17NO/c1-4-9(5-2)10-7-6-8(3)11/h1,8-11H,5-7H2,2-3H3. The molecule has 64 valence electrons. The normalized spacial score (nSPS) is 15.5. The SMILES string of the molecule is C#CC(CC)NCCC(C)O. The van der Waals surface area contributed by atoms with Crippen LogP contribution in [-0.2, 0) is 0 Å². The third kappa shape index (κ3) is 5.90. The van der Waals surface area contributed by atoms with Crippen LogP contribution in [0.25, 0.3) is 0 Å². The third-order valence-corrected chi connectivity index (χ3v) is 1.56. The lowest BCUT2D eigenvalue weighted by Crippen LogP contribution is -2.29. The molecule has 0 saturated heterocycles. The molecule has 2 atom stereocenters. The van der Waals surface area contributed by atoms with Crippen LogP contribution >= 0.6 is 0 Å². The highest BCUT2D eigenvalue weighted by molar-refractivity contribution is 4.97. The minimum atomic E-state index is -0.238. The van der Waals surface area contributed by atoms with Crippen LogP contribution in [0.2, 0.25) is 0 Å². The fourth-order valence-corrected chi connectivity index (χ4v) is 0.788. The number of nitrogens with one attached hydrogen (secondary N) is 1. The third-order valence-electron chi connectivity index (χ3n) is 1.56. The van der Waals surface area contributed by atoms with E-state index < -0.39 is 0 Å². The molecule has 0 aromatic heterocycles. The maximum Gasteiger partial charge on any atom is 0.0684 e. The number of aliphatic hydroxyl groups excluding tert-OH is 1. The van der Waals surface area contributed by atoms with Crippen molar-refractivity contribution in [2.45, 2.75) is 38.8 Å². The van der Waals surface area contributed by atoms with Gasteiger partial charge in [0.05, 0.1) is 12.1 Å². The molecule has 0 saturated carbocycles. The van der Waals surface area contributed by atoms with Gasteiger partial charge in [0.25, 0.3) is 0 Å². The molecule has 2 heteroatoms. The molecule has 0 aliphatic heterocycles. The van der Waals surface area contributed by atoms with Crippen LogP contribution in [0.5, 0.6) is 0 Å². The molecular formula is C9H17NO. The van der Waals surface area contributed by atoms with Crippen molar-refractivity contribution in [2.24, 2.45) is 0 Å². The Labute approximate surface area is 69.0 Å². The Morgan fingerprint density at radius 3 is 2.64 bits per heavy atom. The summed E-state index contributed by atoms with van der Waals surface area (Å²) < 4.78 is 0. The van der Waals surface area contributed by atoms with Gasteiger partial charge in [-0.15, -0.1) is 6.42 Å². The lowest BCUT2D eigenvalue weighted by Gasteiger charge is -2.10. The summed E-state index contributed by atoms with van der Waals surface area (Å²) in [6.07, 6.45) is 6.69. The van der Waals surface area contributed by atoms with Crippen LogP contribution in [0.3, 0.4) is 0 Å². The highest BCUT2D eigenvalue weighted by Gasteiger charge is 2.00. The predicted octanol–water partition coefficient (Wildman–Crippen LogP) is 0.759. The lowest BCUT2D eigenvalue weighted by molar-refractivity contribution is 0.183. The van der Waals surface area contributed by atoms with Gasteiger partial charge >= 0.3 is 0 Å². The Morgan fingerprint density at radius 1 is 1.64 bits per heavy atom. The predicted molar refractivity (Wildman–Crippen MR) is 47.2 cm³/mol. The van der Waals surface area contributed by atoms with Crippen molar-refractivity contribution >= 4 is 0 Å². The smallest absolute Gasteiger partial charge is 0.0684 e. The number of hydrogen-bond donors (Lipinski definition) is 2. The topological polar surface area (TPSA) is 32.3 Å². The average molecular weight is 155 g/mol. The van der Waals surface area contributed by atoms with Gasteiger partial charge in [-0.2, -0.15) is 0 Å². The van der Waals surface area contributed by atoms with Crippen molar-refractivity contribution in [3.05, 3.63) is 0 Å². The highest BCUT2D eigenvalue weighted by Crippen LogP contribution is 1.90. The number of rotatable bonds is 5. The molecule has 0 bridgehead atoms. The molecule has 0 fully saturated rings. The molecule has 0 aliphatic rings. The minimum Gasteiger partial charge on any atom is -0.393 e. The molecule has 2 N–H and O–H groups in total. The second kappa shape index (κ2) is 6.21. The lowest BCUT2D eigenvalue weighted by atomic mass is 10.2. The number of aliphatic hydroxyl groups is 1. The van der Waals surface area contributed by atoms with Crippen LogP contribution < -0.4 is 5.32 Å². The molecule has 2 nitrogen and oxygen atoms in total. The zero-order chi connectivity index (χ0) is 8.69. The largest absolute Gasteiger partial charge is 0.393 e. The molecular weight excluding hydrogens is 138 g/mol. The van der Waals surface area contributed by atoms with E-state index in [-0.39, 0.29) is 12.1 Å². The maximum absolute atomic E-state index is 8.92. The molecule has 2 unspecified atom stereocenters. The van der Waals surface area contributed by atoms with Gasteiger partial charge in [0.1, 0.15) is 0 Å². The summed E-state index contributed by atoms with van der Waals surface area (Å²) in [5.74, 6) is 2.63. The van der Waals surface area contributed by atoms with E-state index in [1.807, 2.05) is 6.92 Å². The summed E-state index contributed by atoms with van der Waals surface area (Å²) in [6, 6.07) is 0.161. The molecule has 0 spiro atoms. The van der Waals surface area contributed by atoms with Crippen molar-refractivity contribution in [1.82, 2.24) is 5.32 Å². The Balaban J connectivity index is 3.30. The summed E-state index contributed by atoms with van der Waals surface area (Å²) in [4.78, 5) is 0. The van der Waals surface area contributed by atoms with E-state index in [4.69, 9.17) is 11.5 Å². The first kappa shape index (κ1) is 10.5. The van der Waals surface area contributed by atoms with Gasteiger partial charge in [-0.25, -0.2) is 0 Å². The van der Waals surface area contributed by atoms with E-state index in [1.165, 1.54) is 0 Å². The molecule has 11 heavy (non-hydrogen) atoms. The van der Waals surface area contributed by atoms with Crippen molar-refractivity contribution in [1.29, 1.82) is 0 Å². The summed E-state index contributed by atoms with van der Waals surface area (Å²) in [7, 11) is 0. The first-order valence-electron chi connectivity index (χ1n) is 4.08. The minimum absolute atomic E-state index is 0.161. The molecule has 0 rings (SSSR count). The van der Waals surface area contributed by atoms with E-state index in [9.17, 15) is 0 Å². The Hall–Kier alpha value is -0.520. The van der Waals surface area contributed by atoms with Crippen molar-refractivity contribution in [3.63, 3.8) is 0 Å². The summed E-state index contributed by atoms with van der Waals surface area (Å²) in [6.45, 7) is 4.61. The average Bonchev–Trinajstić information content (AvgIpc) is 1.98. The molecule has 0 heterocycles. The summed E-state index contributed by atoms with van der Waals surface area (Å²) in [5.41, 5.74) is 0. The second-order valence-electron chi connectivity index (χ2n) is 2.72. The molecule has 0 aromatic rings. The van der Waals surface area contributed by atoms with Gasteiger partial charge < -0.3 is 10.4 Å². The van der Waals surface area contributed by atoms with Crippen LogP contribution in [0.15, 0.2) is 0 Å². The monoisotopic (exact) mass is 155 g/mol. The van der Waals surface area contributed by atoms with Gasteiger partial charge in [-0.1, -0.05) is 12.8 Å². The fraction of sp³-hybridized carbons (Fsp3) is 0.778.